The lowest BCUT2D eigenvalue weighted by Crippen LogP contribution is -2.61. The van der Waals surface area contributed by atoms with Crippen LogP contribution in [0.25, 0.3) is 0 Å². The van der Waals surface area contributed by atoms with Crippen LogP contribution in [0.5, 0.6) is 5.75 Å². The van der Waals surface area contributed by atoms with E-state index < -0.39 is 34.9 Å². The fourth-order valence-electron chi connectivity index (χ4n) is 4.31. The minimum Gasteiger partial charge on any atom is -0.497 e. The second kappa shape index (κ2) is 12.4. The van der Waals surface area contributed by atoms with Crippen LogP contribution in [0.1, 0.15) is 61.0 Å². The van der Waals surface area contributed by atoms with Crippen molar-refractivity contribution in [3.05, 3.63) is 41.5 Å². The van der Waals surface area contributed by atoms with E-state index in [1.54, 1.807) is 27.3 Å². The molecule has 1 unspecified atom stereocenters. The summed E-state index contributed by atoms with van der Waals surface area (Å²) in [4.78, 5) is 40.3. The number of hydrogen-bond donors (Lipinski definition) is 3. The molecule has 1 rings (SSSR count). The molecular weight excluding hydrogens is 458 g/mol. The van der Waals surface area contributed by atoms with Gasteiger partial charge in [-0.3, -0.25) is 9.59 Å². The predicted molar refractivity (Wildman–Crippen MR) is 143 cm³/mol. The van der Waals surface area contributed by atoms with Crippen LogP contribution in [0, 0.1) is 11.3 Å². The molecule has 0 heterocycles. The van der Waals surface area contributed by atoms with E-state index in [-0.39, 0.29) is 23.3 Å². The maximum atomic E-state index is 13.7. The van der Waals surface area contributed by atoms with Crippen LogP contribution in [0.2, 0.25) is 0 Å². The topological polar surface area (TPSA) is 108 Å². The molecule has 1 aromatic rings. The number of likely N-dealkylation sites (N-methyl/N-ethyl adjacent to an activating group) is 2. The van der Waals surface area contributed by atoms with Crippen LogP contribution in [0.4, 0.5) is 0 Å². The maximum Gasteiger partial charge on any atom is 0.331 e. The van der Waals surface area contributed by atoms with Gasteiger partial charge in [-0.05, 0) is 43.0 Å². The maximum absolute atomic E-state index is 13.7. The Bertz CT molecular complexity index is 962. The monoisotopic (exact) mass is 503 g/mol. The fourth-order valence-corrected chi connectivity index (χ4v) is 4.31. The van der Waals surface area contributed by atoms with Gasteiger partial charge in [-0.2, -0.15) is 0 Å². The summed E-state index contributed by atoms with van der Waals surface area (Å²) < 4.78 is 5.36. The van der Waals surface area contributed by atoms with E-state index in [9.17, 15) is 19.5 Å². The van der Waals surface area contributed by atoms with Crippen LogP contribution in [0.15, 0.2) is 35.9 Å². The zero-order valence-corrected chi connectivity index (χ0v) is 23.7. The molecule has 3 atom stereocenters. The van der Waals surface area contributed by atoms with Crippen molar-refractivity contribution in [2.45, 2.75) is 78.9 Å². The quantitative estimate of drug-likeness (QED) is 0.398. The molecule has 8 heteroatoms. The van der Waals surface area contributed by atoms with Crippen molar-refractivity contribution < 1.29 is 24.2 Å². The van der Waals surface area contributed by atoms with E-state index in [1.807, 2.05) is 72.7 Å². The number of carbonyl (C=O) groups excluding carboxylic acids is 2. The lowest BCUT2D eigenvalue weighted by Gasteiger charge is -2.40. The lowest BCUT2D eigenvalue weighted by atomic mass is 9.76. The molecule has 0 saturated heterocycles. The van der Waals surface area contributed by atoms with E-state index in [0.29, 0.717) is 5.75 Å². The molecule has 0 radical (unpaired) electrons. The van der Waals surface area contributed by atoms with Crippen molar-refractivity contribution >= 4 is 17.8 Å². The van der Waals surface area contributed by atoms with E-state index in [0.717, 1.165) is 5.56 Å². The van der Waals surface area contributed by atoms with Crippen molar-refractivity contribution in [1.29, 1.82) is 0 Å². The van der Waals surface area contributed by atoms with Gasteiger partial charge in [0.2, 0.25) is 11.8 Å². The van der Waals surface area contributed by atoms with E-state index in [1.165, 1.54) is 11.8 Å². The van der Waals surface area contributed by atoms with Crippen molar-refractivity contribution in [2.75, 3.05) is 21.2 Å². The van der Waals surface area contributed by atoms with Crippen molar-refractivity contribution in [2.24, 2.45) is 11.3 Å². The van der Waals surface area contributed by atoms with Gasteiger partial charge in [0.15, 0.2) is 0 Å². The first-order valence-corrected chi connectivity index (χ1v) is 12.3. The van der Waals surface area contributed by atoms with Gasteiger partial charge in [-0.1, -0.05) is 66.7 Å². The average molecular weight is 504 g/mol. The van der Waals surface area contributed by atoms with Crippen LogP contribution in [0.3, 0.4) is 0 Å². The number of ether oxygens (including phenoxy) is 1. The standard InChI is InChI=1S/C28H45N3O5/c1-17(2)21(15-18(3)26(34)35)31(10)25(33)23(27(4,5)6)30-24(32)22(29-9)28(7,8)19-13-12-14-20(16-19)36-11/h12-17,21-23,29H,1-11H3,(H,30,32)(H,34,35)/b18-15+/t21-,22?,23-/m1/s1. The van der Waals surface area contributed by atoms with Gasteiger partial charge < -0.3 is 25.4 Å². The normalized spacial score (nSPS) is 15.2. The van der Waals surface area contributed by atoms with Crippen molar-refractivity contribution in [1.82, 2.24) is 15.5 Å². The molecule has 0 aliphatic rings. The zero-order valence-electron chi connectivity index (χ0n) is 23.7. The smallest absolute Gasteiger partial charge is 0.331 e. The molecule has 1 aromatic carbocycles. The molecule has 0 spiro atoms. The van der Waals surface area contributed by atoms with Crippen molar-refractivity contribution in [3.8, 4) is 5.75 Å². The Balaban J connectivity index is 3.33. The molecule has 2 amide bonds. The number of carboxylic acid groups (broad SMARTS) is 1. The van der Waals surface area contributed by atoms with Crippen molar-refractivity contribution in [3.63, 3.8) is 0 Å². The Labute approximate surface area is 216 Å². The summed E-state index contributed by atoms with van der Waals surface area (Å²) in [5.74, 6) is -0.937. The SMILES string of the molecule is CNC(C(=O)N[C@H](C(=O)N(C)[C@H](/C=C(\C)C(=O)O)C(C)C)C(C)(C)C)C(C)(C)c1cccc(OC)c1. The Morgan fingerprint density at radius 2 is 1.67 bits per heavy atom. The van der Waals surface area contributed by atoms with Crippen LogP contribution >= 0.6 is 0 Å². The first-order valence-electron chi connectivity index (χ1n) is 12.3. The first-order chi connectivity index (χ1) is 16.5. The fraction of sp³-hybridized carbons (Fsp3) is 0.607. The average Bonchev–Trinajstić information content (AvgIpc) is 2.79. The molecule has 0 aliphatic heterocycles. The highest BCUT2D eigenvalue weighted by Crippen LogP contribution is 2.31. The second-order valence-corrected chi connectivity index (χ2v) is 11.3. The summed E-state index contributed by atoms with van der Waals surface area (Å²) in [5, 5.41) is 15.5. The number of benzene rings is 1. The first kappa shape index (κ1) is 31.2. The minimum absolute atomic E-state index is 0.0263. The molecule has 3 N–H and O–H groups in total. The minimum atomic E-state index is -1.03. The number of rotatable bonds is 11. The Morgan fingerprint density at radius 3 is 2.11 bits per heavy atom. The number of amides is 2. The number of methoxy groups -OCH3 is 1. The third-order valence-electron chi connectivity index (χ3n) is 6.72. The third-order valence-corrected chi connectivity index (χ3v) is 6.72. The van der Waals surface area contributed by atoms with Gasteiger partial charge in [0.05, 0.1) is 19.2 Å². The number of aliphatic carboxylic acids is 1. The van der Waals surface area contributed by atoms with Crippen LogP contribution in [-0.2, 0) is 19.8 Å². The Kier molecular flexibility index (Phi) is 10.7. The molecule has 0 aliphatic carbocycles. The van der Waals surface area contributed by atoms with Gasteiger partial charge in [0, 0.05) is 18.0 Å². The third kappa shape index (κ3) is 7.56. The Morgan fingerprint density at radius 1 is 1.08 bits per heavy atom. The van der Waals surface area contributed by atoms with Gasteiger partial charge in [0.25, 0.3) is 0 Å². The summed E-state index contributed by atoms with van der Waals surface area (Å²) in [6.45, 7) is 15.0. The molecular formula is C28H45N3O5. The van der Waals surface area contributed by atoms with Gasteiger partial charge in [0.1, 0.15) is 11.8 Å². The number of carbonyl (C=O) groups is 3. The second-order valence-electron chi connectivity index (χ2n) is 11.3. The number of nitrogens with zero attached hydrogens (tertiary/aromatic N) is 1. The summed E-state index contributed by atoms with van der Waals surface area (Å²) in [7, 11) is 4.97. The van der Waals surface area contributed by atoms with Crippen LogP contribution < -0.4 is 15.4 Å². The van der Waals surface area contributed by atoms with Crippen LogP contribution in [-0.4, -0.2) is 67.1 Å². The van der Waals surface area contributed by atoms with Gasteiger partial charge in [-0.15, -0.1) is 0 Å². The highest BCUT2D eigenvalue weighted by molar-refractivity contribution is 5.91. The number of nitrogens with one attached hydrogen (secondary N) is 2. The van der Waals surface area contributed by atoms with E-state index >= 15 is 0 Å². The molecule has 36 heavy (non-hydrogen) atoms. The lowest BCUT2D eigenvalue weighted by molar-refractivity contribution is -0.141. The van der Waals surface area contributed by atoms with E-state index in [4.69, 9.17) is 4.74 Å². The largest absolute Gasteiger partial charge is 0.497 e. The van der Waals surface area contributed by atoms with Gasteiger partial charge >= 0.3 is 5.97 Å². The molecule has 0 bridgehead atoms. The summed E-state index contributed by atoms with van der Waals surface area (Å²) in [6.07, 6.45) is 1.59. The zero-order chi connectivity index (χ0) is 28.0. The molecule has 8 nitrogen and oxygen atoms in total. The summed E-state index contributed by atoms with van der Waals surface area (Å²) in [6, 6.07) is 5.68. The van der Waals surface area contributed by atoms with E-state index in [2.05, 4.69) is 10.6 Å². The summed E-state index contributed by atoms with van der Waals surface area (Å²) in [5.41, 5.74) is -0.125. The number of carboxylic acids is 1. The molecule has 202 valence electrons. The molecule has 0 saturated carbocycles. The summed E-state index contributed by atoms with van der Waals surface area (Å²) >= 11 is 0. The number of hydrogen-bond acceptors (Lipinski definition) is 5. The Hall–Kier alpha value is -2.87. The molecule has 0 aromatic heterocycles. The molecule has 0 fully saturated rings. The highest BCUT2D eigenvalue weighted by atomic mass is 16.5. The predicted octanol–water partition coefficient (Wildman–Crippen LogP) is 3.61. The highest BCUT2D eigenvalue weighted by Gasteiger charge is 2.41. The van der Waals surface area contributed by atoms with Gasteiger partial charge in [-0.25, -0.2) is 4.79 Å².